The van der Waals surface area contributed by atoms with Gasteiger partial charge in [-0.2, -0.15) is 0 Å². The second-order valence-corrected chi connectivity index (χ2v) is 6.58. The maximum Gasteiger partial charge on any atom is 0.239 e. The van der Waals surface area contributed by atoms with Crippen molar-refractivity contribution in [3.05, 3.63) is 0 Å². The molecule has 0 radical (unpaired) electrons. The summed E-state index contributed by atoms with van der Waals surface area (Å²) in [6, 6.07) is 0.0673. The molecule has 0 bridgehead atoms. The first-order valence-corrected chi connectivity index (χ1v) is 7.02. The van der Waals surface area contributed by atoms with Crippen LogP contribution in [0, 0.1) is 11.3 Å². The maximum atomic E-state index is 12.5. The molecule has 0 aromatic carbocycles. The fraction of sp³-hybridized carbons (Fsp3) is 0.929. The third-order valence-corrected chi connectivity index (χ3v) is 4.25. The van der Waals surface area contributed by atoms with Crippen LogP contribution in [0.15, 0.2) is 0 Å². The molecule has 2 aliphatic rings. The van der Waals surface area contributed by atoms with Crippen LogP contribution >= 0.6 is 0 Å². The molecule has 2 heterocycles. The molecule has 0 saturated carbocycles. The fourth-order valence-corrected chi connectivity index (χ4v) is 3.19. The van der Waals surface area contributed by atoms with E-state index in [9.17, 15) is 4.79 Å². The second kappa shape index (κ2) is 4.97. The van der Waals surface area contributed by atoms with Crippen LogP contribution in [-0.4, -0.2) is 36.5 Å². The van der Waals surface area contributed by atoms with E-state index in [-0.39, 0.29) is 6.04 Å². The number of rotatable bonds is 1. The first-order chi connectivity index (χ1) is 7.99. The highest BCUT2D eigenvalue weighted by molar-refractivity contribution is 5.82. The second-order valence-electron chi connectivity index (χ2n) is 6.58. The molecule has 2 unspecified atom stereocenters. The SMILES string of the molecule is CC1CCCNC1C(=O)N1CCCC(C)(C)C1. The van der Waals surface area contributed by atoms with E-state index >= 15 is 0 Å². The summed E-state index contributed by atoms with van der Waals surface area (Å²) in [6.07, 6.45) is 4.78. The summed E-state index contributed by atoms with van der Waals surface area (Å²) in [5.41, 5.74) is 0.297. The van der Waals surface area contributed by atoms with Crippen LogP contribution in [-0.2, 0) is 4.79 Å². The molecule has 1 amide bonds. The summed E-state index contributed by atoms with van der Waals surface area (Å²) in [5, 5.41) is 3.40. The zero-order valence-corrected chi connectivity index (χ0v) is 11.5. The van der Waals surface area contributed by atoms with Crippen molar-refractivity contribution in [2.75, 3.05) is 19.6 Å². The predicted molar refractivity (Wildman–Crippen MR) is 69.8 cm³/mol. The lowest BCUT2D eigenvalue weighted by atomic mass is 9.83. The highest BCUT2D eigenvalue weighted by atomic mass is 16.2. The molecule has 0 aromatic heterocycles. The normalized spacial score (nSPS) is 33.5. The summed E-state index contributed by atoms with van der Waals surface area (Å²) in [4.78, 5) is 14.6. The van der Waals surface area contributed by atoms with Gasteiger partial charge in [-0.3, -0.25) is 4.79 Å². The Bertz CT molecular complexity index is 288. The molecule has 0 spiro atoms. The standard InChI is InChI=1S/C14H26N2O/c1-11-6-4-8-15-12(11)13(17)16-9-5-7-14(2,3)10-16/h11-12,15H,4-10H2,1-3H3. The van der Waals surface area contributed by atoms with E-state index in [1.807, 2.05) is 0 Å². The molecule has 0 aromatic rings. The number of likely N-dealkylation sites (tertiary alicyclic amines) is 1. The smallest absolute Gasteiger partial charge is 0.239 e. The lowest BCUT2D eigenvalue weighted by molar-refractivity contribution is -0.138. The molecule has 2 rings (SSSR count). The molecule has 3 nitrogen and oxygen atoms in total. The molecule has 0 aliphatic carbocycles. The Morgan fingerprint density at radius 2 is 2.12 bits per heavy atom. The fourth-order valence-electron chi connectivity index (χ4n) is 3.19. The van der Waals surface area contributed by atoms with Crippen molar-refractivity contribution < 1.29 is 4.79 Å². The highest BCUT2D eigenvalue weighted by Gasteiger charge is 2.35. The minimum Gasteiger partial charge on any atom is -0.341 e. The van der Waals surface area contributed by atoms with E-state index < -0.39 is 0 Å². The molecule has 2 atom stereocenters. The molecule has 2 aliphatic heterocycles. The summed E-state index contributed by atoms with van der Waals surface area (Å²) < 4.78 is 0. The molecular formula is C14H26N2O. The van der Waals surface area contributed by atoms with Crippen LogP contribution in [0.2, 0.25) is 0 Å². The molecular weight excluding hydrogens is 212 g/mol. The third kappa shape index (κ3) is 3.01. The van der Waals surface area contributed by atoms with E-state index in [0.29, 0.717) is 17.2 Å². The van der Waals surface area contributed by atoms with Gasteiger partial charge in [-0.05, 0) is 43.6 Å². The van der Waals surface area contributed by atoms with Gasteiger partial charge in [0.2, 0.25) is 5.91 Å². The van der Waals surface area contributed by atoms with E-state index in [1.165, 1.54) is 19.3 Å². The lowest BCUT2D eigenvalue weighted by Gasteiger charge is -2.41. The van der Waals surface area contributed by atoms with Crippen LogP contribution in [0.3, 0.4) is 0 Å². The van der Waals surface area contributed by atoms with Gasteiger partial charge in [-0.15, -0.1) is 0 Å². The van der Waals surface area contributed by atoms with Gasteiger partial charge in [0.15, 0.2) is 0 Å². The Morgan fingerprint density at radius 1 is 1.35 bits per heavy atom. The van der Waals surface area contributed by atoms with Gasteiger partial charge in [0.25, 0.3) is 0 Å². The molecule has 98 valence electrons. The number of piperidine rings is 2. The van der Waals surface area contributed by atoms with Gasteiger partial charge in [-0.25, -0.2) is 0 Å². The molecule has 2 fully saturated rings. The summed E-state index contributed by atoms with van der Waals surface area (Å²) >= 11 is 0. The number of nitrogens with zero attached hydrogens (tertiary/aromatic N) is 1. The summed E-state index contributed by atoms with van der Waals surface area (Å²) in [6.45, 7) is 9.61. The van der Waals surface area contributed by atoms with Gasteiger partial charge in [0.1, 0.15) is 0 Å². The summed E-state index contributed by atoms with van der Waals surface area (Å²) in [7, 11) is 0. The van der Waals surface area contributed by atoms with Crippen molar-refractivity contribution in [3.63, 3.8) is 0 Å². The Morgan fingerprint density at radius 3 is 2.76 bits per heavy atom. The number of amides is 1. The Hall–Kier alpha value is -0.570. The first-order valence-electron chi connectivity index (χ1n) is 7.02. The van der Waals surface area contributed by atoms with Crippen LogP contribution < -0.4 is 5.32 Å². The zero-order valence-electron chi connectivity index (χ0n) is 11.5. The third-order valence-electron chi connectivity index (χ3n) is 4.25. The van der Waals surface area contributed by atoms with Crippen LogP contribution in [0.1, 0.15) is 46.5 Å². The van der Waals surface area contributed by atoms with Crippen molar-refractivity contribution in [2.45, 2.75) is 52.5 Å². The van der Waals surface area contributed by atoms with E-state index in [0.717, 1.165) is 26.1 Å². The van der Waals surface area contributed by atoms with Crippen LogP contribution in [0.25, 0.3) is 0 Å². The number of hydrogen-bond acceptors (Lipinski definition) is 2. The molecule has 17 heavy (non-hydrogen) atoms. The van der Waals surface area contributed by atoms with Crippen molar-refractivity contribution in [1.82, 2.24) is 10.2 Å². The van der Waals surface area contributed by atoms with Gasteiger partial charge in [0, 0.05) is 13.1 Å². The lowest BCUT2D eigenvalue weighted by Crippen LogP contribution is -2.55. The maximum absolute atomic E-state index is 12.5. The van der Waals surface area contributed by atoms with Crippen molar-refractivity contribution >= 4 is 5.91 Å². The predicted octanol–water partition coefficient (Wildman–Crippen LogP) is 2.02. The largest absolute Gasteiger partial charge is 0.341 e. The first kappa shape index (κ1) is 12.9. The quantitative estimate of drug-likeness (QED) is 0.758. The van der Waals surface area contributed by atoms with Gasteiger partial charge in [-0.1, -0.05) is 20.8 Å². The van der Waals surface area contributed by atoms with Crippen LogP contribution in [0.5, 0.6) is 0 Å². The van der Waals surface area contributed by atoms with E-state index in [2.05, 4.69) is 31.0 Å². The van der Waals surface area contributed by atoms with Crippen molar-refractivity contribution in [3.8, 4) is 0 Å². The molecule has 1 N–H and O–H groups in total. The number of hydrogen-bond donors (Lipinski definition) is 1. The average molecular weight is 238 g/mol. The van der Waals surface area contributed by atoms with E-state index in [1.54, 1.807) is 0 Å². The monoisotopic (exact) mass is 238 g/mol. The number of nitrogens with one attached hydrogen (secondary N) is 1. The topological polar surface area (TPSA) is 32.3 Å². The Balaban J connectivity index is 1.99. The summed E-state index contributed by atoms with van der Waals surface area (Å²) in [5.74, 6) is 0.825. The van der Waals surface area contributed by atoms with Crippen molar-refractivity contribution in [1.29, 1.82) is 0 Å². The van der Waals surface area contributed by atoms with Crippen LogP contribution in [0.4, 0.5) is 0 Å². The number of carbonyl (C=O) groups is 1. The van der Waals surface area contributed by atoms with Gasteiger partial charge in [0.05, 0.1) is 6.04 Å². The minimum atomic E-state index is 0.0673. The minimum absolute atomic E-state index is 0.0673. The van der Waals surface area contributed by atoms with Gasteiger partial charge >= 0.3 is 0 Å². The Kier molecular flexibility index (Phi) is 3.76. The highest BCUT2D eigenvalue weighted by Crippen LogP contribution is 2.29. The van der Waals surface area contributed by atoms with Gasteiger partial charge < -0.3 is 10.2 Å². The van der Waals surface area contributed by atoms with E-state index in [4.69, 9.17) is 0 Å². The molecule has 2 saturated heterocycles. The molecule has 3 heteroatoms. The number of carbonyl (C=O) groups excluding carboxylic acids is 1. The van der Waals surface area contributed by atoms with Crippen molar-refractivity contribution in [2.24, 2.45) is 11.3 Å². The Labute approximate surface area is 105 Å². The zero-order chi connectivity index (χ0) is 12.5. The average Bonchev–Trinajstić information content (AvgIpc) is 2.27.